The molecular weight excluding hydrogens is 310 g/mol. The van der Waals surface area contributed by atoms with Gasteiger partial charge in [0.15, 0.2) is 18.1 Å². The molecule has 2 rings (SSSR count). The molecule has 24 heavy (non-hydrogen) atoms. The van der Waals surface area contributed by atoms with Crippen LogP contribution in [0.3, 0.4) is 0 Å². The SMILES string of the molecule is CCOc1cc(C(=O)O)ccc1OCC(=O)Nc1cccc(C)c1. The highest BCUT2D eigenvalue weighted by atomic mass is 16.5. The number of carbonyl (C=O) groups is 2. The van der Waals surface area contributed by atoms with Crippen LogP contribution in [-0.4, -0.2) is 30.2 Å². The summed E-state index contributed by atoms with van der Waals surface area (Å²) in [5.41, 5.74) is 1.82. The van der Waals surface area contributed by atoms with E-state index in [-0.39, 0.29) is 18.1 Å². The number of carboxylic acids is 1. The number of rotatable bonds is 7. The number of carbonyl (C=O) groups excluding carboxylic acids is 1. The van der Waals surface area contributed by atoms with Crippen molar-refractivity contribution >= 4 is 17.6 Å². The number of aryl methyl sites for hydroxylation is 1. The number of aromatic carboxylic acids is 1. The molecule has 0 saturated heterocycles. The van der Waals surface area contributed by atoms with Gasteiger partial charge >= 0.3 is 5.97 Å². The second kappa shape index (κ2) is 8.01. The van der Waals surface area contributed by atoms with Gasteiger partial charge in [-0.3, -0.25) is 4.79 Å². The third-order valence-electron chi connectivity index (χ3n) is 3.15. The second-order valence-corrected chi connectivity index (χ2v) is 5.11. The Kier molecular flexibility index (Phi) is 5.78. The maximum atomic E-state index is 12.0. The standard InChI is InChI=1S/C18H19NO5/c1-3-23-16-10-13(18(21)22)7-8-15(16)24-11-17(20)19-14-6-4-5-12(2)9-14/h4-10H,3,11H2,1-2H3,(H,19,20)(H,21,22). The maximum Gasteiger partial charge on any atom is 0.335 e. The van der Waals surface area contributed by atoms with Crippen molar-refractivity contribution in [3.05, 3.63) is 53.6 Å². The largest absolute Gasteiger partial charge is 0.490 e. The van der Waals surface area contributed by atoms with Gasteiger partial charge in [0.2, 0.25) is 0 Å². The molecule has 0 aliphatic carbocycles. The van der Waals surface area contributed by atoms with Crippen LogP contribution in [0.5, 0.6) is 11.5 Å². The predicted octanol–water partition coefficient (Wildman–Crippen LogP) is 3.11. The molecule has 2 aromatic carbocycles. The fourth-order valence-corrected chi connectivity index (χ4v) is 2.09. The van der Waals surface area contributed by atoms with E-state index < -0.39 is 5.97 Å². The number of hydrogen-bond acceptors (Lipinski definition) is 4. The Morgan fingerprint density at radius 2 is 1.88 bits per heavy atom. The minimum Gasteiger partial charge on any atom is -0.490 e. The minimum atomic E-state index is -1.06. The van der Waals surface area contributed by atoms with Gasteiger partial charge in [0.05, 0.1) is 12.2 Å². The second-order valence-electron chi connectivity index (χ2n) is 5.11. The van der Waals surface area contributed by atoms with Crippen LogP contribution >= 0.6 is 0 Å². The van der Waals surface area contributed by atoms with Crippen LogP contribution in [0, 0.1) is 6.92 Å². The van der Waals surface area contributed by atoms with Crippen LogP contribution in [-0.2, 0) is 4.79 Å². The summed E-state index contributed by atoms with van der Waals surface area (Å²) in [5, 5.41) is 11.7. The summed E-state index contributed by atoms with van der Waals surface area (Å²) in [6.07, 6.45) is 0. The number of amides is 1. The molecule has 0 spiro atoms. The van der Waals surface area contributed by atoms with E-state index in [9.17, 15) is 9.59 Å². The molecule has 0 atom stereocenters. The van der Waals surface area contributed by atoms with Crippen molar-refractivity contribution in [1.82, 2.24) is 0 Å². The Bertz CT molecular complexity index is 742. The van der Waals surface area contributed by atoms with E-state index in [0.717, 1.165) is 5.56 Å². The quantitative estimate of drug-likeness (QED) is 0.815. The molecule has 0 fully saturated rings. The van der Waals surface area contributed by atoms with Crippen LogP contribution in [0.1, 0.15) is 22.8 Å². The summed E-state index contributed by atoms with van der Waals surface area (Å²) in [6, 6.07) is 11.7. The maximum absolute atomic E-state index is 12.0. The molecule has 2 N–H and O–H groups in total. The summed E-state index contributed by atoms with van der Waals surface area (Å²) in [7, 11) is 0. The lowest BCUT2D eigenvalue weighted by Crippen LogP contribution is -2.20. The Labute approximate surface area is 140 Å². The van der Waals surface area contributed by atoms with Crippen LogP contribution in [0.25, 0.3) is 0 Å². The van der Waals surface area contributed by atoms with Crippen molar-refractivity contribution in [2.45, 2.75) is 13.8 Å². The van der Waals surface area contributed by atoms with Gasteiger partial charge in [0.25, 0.3) is 5.91 Å². The van der Waals surface area contributed by atoms with E-state index in [1.165, 1.54) is 18.2 Å². The van der Waals surface area contributed by atoms with Gasteiger partial charge in [-0.15, -0.1) is 0 Å². The van der Waals surface area contributed by atoms with Crippen molar-refractivity contribution in [3.8, 4) is 11.5 Å². The Balaban J connectivity index is 2.02. The molecule has 0 bridgehead atoms. The summed E-state index contributed by atoms with van der Waals surface area (Å²) in [5.74, 6) is -0.757. The van der Waals surface area contributed by atoms with Gasteiger partial charge in [-0.1, -0.05) is 12.1 Å². The number of ether oxygens (including phenoxy) is 2. The third kappa shape index (κ3) is 4.74. The molecule has 0 radical (unpaired) electrons. The first kappa shape index (κ1) is 17.3. The van der Waals surface area contributed by atoms with E-state index >= 15 is 0 Å². The lowest BCUT2D eigenvalue weighted by molar-refractivity contribution is -0.118. The van der Waals surface area contributed by atoms with Crippen molar-refractivity contribution in [2.24, 2.45) is 0 Å². The third-order valence-corrected chi connectivity index (χ3v) is 3.15. The zero-order chi connectivity index (χ0) is 17.5. The van der Waals surface area contributed by atoms with Gasteiger partial charge in [0, 0.05) is 5.69 Å². The zero-order valence-electron chi connectivity index (χ0n) is 13.5. The summed E-state index contributed by atoms with van der Waals surface area (Å²) >= 11 is 0. The van der Waals surface area contributed by atoms with Crippen LogP contribution in [0.4, 0.5) is 5.69 Å². The molecule has 0 unspecified atom stereocenters. The van der Waals surface area contributed by atoms with Crippen molar-refractivity contribution in [3.63, 3.8) is 0 Å². The highest BCUT2D eigenvalue weighted by Crippen LogP contribution is 2.28. The Morgan fingerprint density at radius 3 is 2.54 bits per heavy atom. The van der Waals surface area contributed by atoms with Gasteiger partial charge in [-0.05, 0) is 49.7 Å². The minimum absolute atomic E-state index is 0.0926. The molecule has 0 saturated carbocycles. The predicted molar refractivity (Wildman–Crippen MR) is 89.9 cm³/mol. The Hall–Kier alpha value is -3.02. The molecule has 2 aromatic rings. The molecule has 6 heteroatoms. The number of carboxylic acid groups (broad SMARTS) is 1. The van der Waals surface area contributed by atoms with Crippen molar-refractivity contribution in [1.29, 1.82) is 0 Å². The van der Waals surface area contributed by atoms with Crippen LogP contribution in [0.2, 0.25) is 0 Å². The highest BCUT2D eigenvalue weighted by molar-refractivity contribution is 5.92. The van der Waals surface area contributed by atoms with Gasteiger partial charge in [0.1, 0.15) is 0 Å². The molecule has 6 nitrogen and oxygen atoms in total. The number of anilines is 1. The van der Waals surface area contributed by atoms with E-state index in [0.29, 0.717) is 23.8 Å². The normalized spacial score (nSPS) is 10.1. The number of nitrogens with one attached hydrogen (secondary N) is 1. The first-order valence-electron chi connectivity index (χ1n) is 7.49. The highest BCUT2D eigenvalue weighted by Gasteiger charge is 2.12. The van der Waals surface area contributed by atoms with Crippen molar-refractivity contribution in [2.75, 3.05) is 18.5 Å². The molecule has 1 amide bonds. The average molecular weight is 329 g/mol. The van der Waals surface area contributed by atoms with E-state index in [1.807, 2.05) is 25.1 Å². The van der Waals surface area contributed by atoms with Crippen LogP contribution < -0.4 is 14.8 Å². The molecule has 0 heterocycles. The molecule has 0 aromatic heterocycles. The monoisotopic (exact) mass is 329 g/mol. The fourth-order valence-electron chi connectivity index (χ4n) is 2.09. The molecule has 0 aliphatic rings. The lowest BCUT2D eigenvalue weighted by Gasteiger charge is -2.12. The molecular formula is C18H19NO5. The van der Waals surface area contributed by atoms with Gasteiger partial charge in [-0.25, -0.2) is 4.79 Å². The van der Waals surface area contributed by atoms with Crippen LogP contribution in [0.15, 0.2) is 42.5 Å². The molecule has 0 aliphatic heterocycles. The summed E-state index contributed by atoms with van der Waals surface area (Å²) in [6.45, 7) is 3.86. The lowest BCUT2D eigenvalue weighted by atomic mass is 10.2. The molecule has 126 valence electrons. The zero-order valence-corrected chi connectivity index (χ0v) is 13.5. The number of hydrogen-bond donors (Lipinski definition) is 2. The van der Waals surface area contributed by atoms with Crippen molar-refractivity contribution < 1.29 is 24.2 Å². The Morgan fingerprint density at radius 1 is 1.08 bits per heavy atom. The number of benzene rings is 2. The topological polar surface area (TPSA) is 84.9 Å². The van der Waals surface area contributed by atoms with Gasteiger partial charge in [-0.2, -0.15) is 0 Å². The van der Waals surface area contributed by atoms with E-state index in [2.05, 4.69) is 5.32 Å². The summed E-state index contributed by atoms with van der Waals surface area (Å²) in [4.78, 5) is 23.0. The first-order chi connectivity index (χ1) is 11.5. The average Bonchev–Trinajstić information content (AvgIpc) is 2.53. The van der Waals surface area contributed by atoms with E-state index in [4.69, 9.17) is 14.6 Å². The smallest absolute Gasteiger partial charge is 0.335 e. The van der Waals surface area contributed by atoms with E-state index in [1.54, 1.807) is 13.0 Å². The van der Waals surface area contributed by atoms with Gasteiger partial charge < -0.3 is 19.9 Å². The first-order valence-corrected chi connectivity index (χ1v) is 7.49. The summed E-state index contributed by atoms with van der Waals surface area (Å²) < 4.78 is 10.8. The fraction of sp³-hybridized carbons (Fsp3) is 0.222.